The van der Waals surface area contributed by atoms with Crippen molar-refractivity contribution in [3.05, 3.63) is 51.7 Å². The predicted octanol–water partition coefficient (Wildman–Crippen LogP) is 4.15. The number of nitrogens with zero attached hydrogens (tertiary/aromatic N) is 2. The molecule has 3 rings (SSSR count). The van der Waals surface area contributed by atoms with E-state index in [1.54, 1.807) is 23.5 Å². The molecule has 0 spiro atoms. The number of carboxylic acids is 1. The SMILES string of the molecule is O=C(O)c1ccc(Br)cc1SCc1cn2ccsc2n1. The van der Waals surface area contributed by atoms with Crippen molar-refractivity contribution in [1.82, 2.24) is 9.38 Å². The first-order valence-corrected chi connectivity index (χ1v) is 8.36. The minimum atomic E-state index is -0.911. The molecule has 7 heteroatoms. The number of rotatable bonds is 4. The number of aromatic nitrogens is 2. The highest BCUT2D eigenvalue weighted by molar-refractivity contribution is 9.10. The van der Waals surface area contributed by atoms with Crippen LogP contribution in [0.4, 0.5) is 0 Å². The smallest absolute Gasteiger partial charge is 0.336 e. The molecule has 0 saturated heterocycles. The second-order valence-corrected chi connectivity index (χ2v) is 6.87. The molecule has 2 heterocycles. The highest BCUT2D eigenvalue weighted by atomic mass is 79.9. The second-order valence-electron chi connectivity index (χ2n) is 4.06. The topological polar surface area (TPSA) is 54.6 Å². The zero-order chi connectivity index (χ0) is 14.1. The molecular formula is C13H9BrN2O2S2. The quantitative estimate of drug-likeness (QED) is 0.702. The average Bonchev–Trinajstić information content (AvgIpc) is 2.96. The lowest BCUT2D eigenvalue weighted by atomic mass is 10.2. The molecular weight excluding hydrogens is 360 g/mol. The Morgan fingerprint density at radius 3 is 3.10 bits per heavy atom. The van der Waals surface area contributed by atoms with E-state index in [-0.39, 0.29) is 0 Å². The van der Waals surface area contributed by atoms with Crippen molar-refractivity contribution in [3.8, 4) is 0 Å². The van der Waals surface area contributed by atoms with Gasteiger partial charge in [-0.1, -0.05) is 15.9 Å². The fourth-order valence-electron chi connectivity index (χ4n) is 1.79. The van der Waals surface area contributed by atoms with Crippen molar-refractivity contribution in [2.75, 3.05) is 0 Å². The maximum Gasteiger partial charge on any atom is 0.336 e. The molecule has 0 aliphatic carbocycles. The van der Waals surface area contributed by atoms with Gasteiger partial charge in [0.25, 0.3) is 0 Å². The third-order valence-electron chi connectivity index (χ3n) is 2.69. The van der Waals surface area contributed by atoms with Gasteiger partial charge < -0.3 is 5.11 Å². The van der Waals surface area contributed by atoms with Crippen molar-refractivity contribution < 1.29 is 9.90 Å². The Labute approximate surface area is 131 Å². The van der Waals surface area contributed by atoms with Gasteiger partial charge in [-0.2, -0.15) is 0 Å². The molecule has 1 aromatic carbocycles. The van der Waals surface area contributed by atoms with E-state index >= 15 is 0 Å². The molecule has 4 nitrogen and oxygen atoms in total. The molecule has 1 N–H and O–H groups in total. The summed E-state index contributed by atoms with van der Waals surface area (Å²) in [4.78, 5) is 17.4. The number of halogens is 1. The third kappa shape index (κ3) is 2.74. The number of hydrogen-bond acceptors (Lipinski definition) is 4. The van der Waals surface area contributed by atoms with Crippen LogP contribution in [0.1, 0.15) is 16.1 Å². The Morgan fingerprint density at radius 1 is 1.50 bits per heavy atom. The lowest BCUT2D eigenvalue weighted by Gasteiger charge is -2.05. The molecule has 0 atom stereocenters. The summed E-state index contributed by atoms with van der Waals surface area (Å²) in [6, 6.07) is 5.17. The summed E-state index contributed by atoms with van der Waals surface area (Å²) in [5.41, 5.74) is 1.26. The fourth-order valence-corrected chi connectivity index (χ4v) is 3.98. The Morgan fingerprint density at radius 2 is 2.35 bits per heavy atom. The summed E-state index contributed by atoms with van der Waals surface area (Å²) >= 11 is 6.43. The summed E-state index contributed by atoms with van der Waals surface area (Å²) in [7, 11) is 0. The van der Waals surface area contributed by atoms with Crippen LogP contribution in [-0.2, 0) is 5.75 Å². The number of carboxylic acid groups (broad SMARTS) is 1. The first kappa shape index (κ1) is 13.7. The van der Waals surface area contributed by atoms with Crippen LogP contribution in [0.25, 0.3) is 4.96 Å². The summed E-state index contributed by atoms with van der Waals surface area (Å²) in [6.07, 6.45) is 3.93. The van der Waals surface area contributed by atoms with Gasteiger partial charge >= 0.3 is 5.97 Å². The second kappa shape index (κ2) is 5.59. The maximum absolute atomic E-state index is 11.2. The van der Waals surface area contributed by atoms with Crippen LogP contribution in [0.2, 0.25) is 0 Å². The van der Waals surface area contributed by atoms with E-state index in [9.17, 15) is 9.90 Å². The summed E-state index contributed by atoms with van der Waals surface area (Å²) < 4.78 is 2.84. The molecule has 0 bridgehead atoms. The predicted molar refractivity (Wildman–Crippen MR) is 83.7 cm³/mol. The number of fused-ring (bicyclic) bond motifs is 1. The van der Waals surface area contributed by atoms with Crippen molar-refractivity contribution >= 4 is 50.0 Å². The van der Waals surface area contributed by atoms with Crippen LogP contribution in [0.15, 0.2) is 45.3 Å². The highest BCUT2D eigenvalue weighted by Gasteiger charge is 2.12. The number of hydrogen-bond donors (Lipinski definition) is 1. The van der Waals surface area contributed by atoms with Gasteiger partial charge in [-0.25, -0.2) is 9.78 Å². The Bertz CT molecular complexity index is 753. The van der Waals surface area contributed by atoms with Crippen LogP contribution in [-0.4, -0.2) is 20.5 Å². The molecule has 102 valence electrons. The third-order valence-corrected chi connectivity index (χ3v) is 5.05. The van der Waals surface area contributed by atoms with Crippen LogP contribution in [0, 0.1) is 0 Å². The average molecular weight is 369 g/mol. The first-order chi connectivity index (χ1) is 9.63. The highest BCUT2D eigenvalue weighted by Crippen LogP contribution is 2.29. The van der Waals surface area contributed by atoms with Gasteiger partial charge in [0.15, 0.2) is 4.96 Å². The summed E-state index contributed by atoms with van der Waals surface area (Å²) in [5, 5.41) is 11.2. The molecule has 0 amide bonds. The van der Waals surface area contributed by atoms with Crippen LogP contribution in [0.3, 0.4) is 0 Å². The number of benzene rings is 1. The van der Waals surface area contributed by atoms with Crippen LogP contribution >= 0.6 is 39.0 Å². The molecule has 20 heavy (non-hydrogen) atoms. The van der Waals surface area contributed by atoms with Gasteiger partial charge in [-0.05, 0) is 18.2 Å². The zero-order valence-electron chi connectivity index (χ0n) is 10.1. The summed E-state index contributed by atoms with van der Waals surface area (Å²) in [6.45, 7) is 0. The molecule has 0 radical (unpaired) electrons. The Balaban J connectivity index is 1.82. The molecule has 0 saturated carbocycles. The first-order valence-electron chi connectivity index (χ1n) is 5.70. The molecule has 0 aliphatic heterocycles. The van der Waals surface area contributed by atoms with Gasteiger partial charge in [0.1, 0.15) is 0 Å². The van der Waals surface area contributed by atoms with Crippen molar-refractivity contribution in [2.45, 2.75) is 10.6 Å². The van der Waals surface area contributed by atoms with Crippen molar-refractivity contribution in [3.63, 3.8) is 0 Å². The minimum Gasteiger partial charge on any atom is -0.478 e. The molecule has 2 aromatic heterocycles. The zero-order valence-corrected chi connectivity index (χ0v) is 13.3. The largest absolute Gasteiger partial charge is 0.478 e. The lowest BCUT2D eigenvalue weighted by molar-refractivity contribution is 0.0693. The lowest BCUT2D eigenvalue weighted by Crippen LogP contribution is -1.98. The van der Waals surface area contributed by atoms with E-state index < -0.39 is 5.97 Å². The number of aromatic carboxylic acids is 1. The normalized spacial score (nSPS) is 11.1. The fraction of sp³-hybridized carbons (Fsp3) is 0.0769. The standard InChI is InChI=1S/C13H9BrN2O2S2/c14-8-1-2-10(12(17)18)11(5-8)20-7-9-6-16-3-4-19-13(16)15-9/h1-6H,7H2,(H,17,18). The van der Waals surface area contributed by atoms with Crippen molar-refractivity contribution in [2.24, 2.45) is 0 Å². The van der Waals surface area contributed by atoms with Gasteiger partial charge in [0, 0.05) is 32.9 Å². The molecule has 0 unspecified atom stereocenters. The van der Waals surface area contributed by atoms with Gasteiger partial charge in [-0.15, -0.1) is 23.1 Å². The van der Waals surface area contributed by atoms with Crippen LogP contribution < -0.4 is 0 Å². The van der Waals surface area contributed by atoms with E-state index in [1.165, 1.54) is 11.8 Å². The Hall–Kier alpha value is -1.31. The van der Waals surface area contributed by atoms with E-state index in [1.807, 2.05) is 28.2 Å². The molecule has 0 fully saturated rings. The van der Waals surface area contributed by atoms with E-state index in [2.05, 4.69) is 20.9 Å². The van der Waals surface area contributed by atoms with Gasteiger partial charge in [0.05, 0.1) is 11.3 Å². The van der Waals surface area contributed by atoms with Crippen molar-refractivity contribution in [1.29, 1.82) is 0 Å². The van der Waals surface area contributed by atoms with E-state index in [0.29, 0.717) is 11.3 Å². The monoisotopic (exact) mass is 368 g/mol. The van der Waals surface area contributed by atoms with Gasteiger partial charge in [0.2, 0.25) is 0 Å². The maximum atomic E-state index is 11.2. The number of carbonyl (C=O) groups is 1. The van der Waals surface area contributed by atoms with Crippen LogP contribution in [0.5, 0.6) is 0 Å². The molecule has 3 aromatic rings. The van der Waals surface area contributed by atoms with Gasteiger partial charge in [-0.3, -0.25) is 4.40 Å². The summed E-state index contributed by atoms with van der Waals surface area (Å²) in [5.74, 6) is -0.267. The molecule has 0 aliphatic rings. The minimum absolute atomic E-state index is 0.319. The number of imidazole rings is 1. The Kier molecular flexibility index (Phi) is 3.82. The number of thioether (sulfide) groups is 1. The van der Waals surface area contributed by atoms with E-state index in [0.717, 1.165) is 20.0 Å². The van der Waals surface area contributed by atoms with E-state index in [4.69, 9.17) is 0 Å². The number of thiazole rings is 1.